The van der Waals surface area contributed by atoms with E-state index in [0.717, 1.165) is 52.6 Å². The molecule has 0 amide bonds. The fourth-order valence-corrected chi connectivity index (χ4v) is 4.64. The Bertz CT molecular complexity index is 1210. The van der Waals surface area contributed by atoms with Gasteiger partial charge in [0.05, 0.1) is 28.1 Å². The molecular weight excluding hydrogens is 382 g/mol. The monoisotopic (exact) mass is 405 g/mol. The van der Waals surface area contributed by atoms with Crippen LogP contribution in [0.5, 0.6) is 0 Å². The highest BCUT2D eigenvalue weighted by Crippen LogP contribution is 2.34. The predicted octanol–water partition coefficient (Wildman–Crippen LogP) is 5.65. The van der Waals surface area contributed by atoms with Crippen LogP contribution in [0.15, 0.2) is 36.5 Å². The first-order valence-electron chi connectivity index (χ1n) is 10.1. The van der Waals surface area contributed by atoms with Gasteiger partial charge in [-0.3, -0.25) is 9.55 Å². The molecule has 1 aliphatic carbocycles. The van der Waals surface area contributed by atoms with Gasteiger partial charge < -0.3 is 9.88 Å². The van der Waals surface area contributed by atoms with Crippen molar-refractivity contribution >= 4 is 34.0 Å². The molecule has 0 saturated heterocycles. The average Bonchev–Trinajstić information content (AvgIpc) is 3.23. The summed E-state index contributed by atoms with van der Waals surface area (Å²) in [5.74, 6) is 0.861. The number of nitrogens with one attached hydrogen (secondary N) is 1. The molecule has 5 rings (SSSR count). The molecule has 1 aromatic carbocycles. The summed E-state index contributed by atoms with van der Waals surface area (Å²) in [7, 11) is 2.01. The quantitative estimate of drug-likeness (QED) is 0.479. The molecule has 0 spiro atoms. The smallest absolute Gasteiger partial charge is 0.215 e. The summed E-state index contributed by atoms with van der Waals surface area (Å²) >= 11 is 6.58. The van der Waals surface area contributed by atoms with E-state index in [-0.39, 0.29) is 0 Å². The number of fused-ring (bicyclic) bond motifs is 2. The second kappa shape index (κ2) is 6.92. The lowest BCUT2D eigenvalue weighted by Gasteiger charge is -2.16. The zero-order valence-corrected chi connectivity index (χ0v) is 17.7. The van der Waals surface area contributed by atoms with Gasteiger partial charge in [0, 0.05) is 24.1 Å². The lowest BCUT2D eigenvalue weighted by molar-refractivity contribution is 0.668. The SMILES string of the molecule is Cc1ccc(C)n1-c1nc2c(Nc3cnc4c(c3)CCCC4)ccc(Cl)c2n1C. The molecule has 148 valence electrons. The van der Waals surface area contributed by atoms with Gasteiger partial charge in [-0.2, -0.15) is 0 Å². The van der Waals surface area contributed by atoms with E-state index in [4.69, 9.17) is 16.6 Å². The molecule has 1 aliphatic rings. The largest absolute Gasteiger partial charge is 0.352 e. The average molecular weight is 406 g/mol. The number of nitrogens with zero attached hydrogens (tertiary/aromatic N) is 4. The molecule has 0 saturated carbocycles. The summed E-state index contributed by atoms with van der Waals surface area (Å²) in [5, 5.41) is 4.23. The molecule has 3 heterocycles. The number of imidazole rings is 1. The van der Waals surface area contributed by atoms with E-state index in [1.807, 2.05) is 25.4 Å². The molecule has 0 radical (unpaired) electrons. The lowest BCUT2D eigenvalue weighted by Crippen LogP contribution is -2.06. The van der Waals surface area contributed by atoms with Crippen LogP contribution in [-0.2, 0) is 19.9 Å². The zero-order chi connectivity index (χ0) is 20.1. The molecule has 6 heteroatoms. The number of benzene rings is 1. The first-order chi connectivity index (χ1) is 14.0. The van der Waals surface area contributed by atoms with Gasteiger partial charge in [0.1, 0.15) is 5.52 Å². The van der Waals surface area contributed by atoms with Crippen molar-refractivity contribution in [2.45, 2.75) is 39.5 Å². The Morgan fingerprint density at radius 2 is 1.79 bits per heavy atom. The maximum Gasteiger partial charge on any atom is 0.215 e. The Hall–Kier alpha value is -2.79. The maximum atomic E-state index is 6.58. The molecule has 5 nitrogen and oxygen atoms in total. The van der Waals surface area contributed by atoms with Crippen molar-refractivity contribution < 1.29 is 0 Å². The third kappa shape index (κ3) is 3.01. The van der Waals surface area contributed by atoms with Crippen LogP contribution in [0.25, 0.3) is 17.0 Å². The van der Waals surface area contributed by atoms with E-state index in [9.17, 15) is 0 Å². The number of halogens is 1. The van der Waals surface area contributed by atoms with E-state index < -0.39 is 0 Å². The molecule has 0 aliphatic heterocycles. The molecule has 0 unspecified atom stereocenters. The van der Waals surface area contributed by atoms with Gasteiger partial charge in [-0.25, -0.2) is 4.98 Å². The van der Waals surface area contributed by atoms with Crippen molar-refractivity contribution in [1.82, 2.24) is 19.1 Å². The Kier molecular flexibility index (Phi) is 4.36. The molecule has 29 heavy (non-hydrogen) atoms. The van der Waals surface area contributed by atoms with Gasteiger partial charge in [-0.1, -0.05) is 11.6 Å². The van der Waals surface area contributed by atoms with Gasteiger partial charge in [-0.05, 0) is 75.4 Å². The van der Waals surface area contributed by atoms with Gasteiger partial charge in [0.2, 0.25) is 5.95 Å². The fraction of sp³-hybridized carbons (Fsp3) is 0.304. The summed E-state index contributed by atoms with van der Waals surface area (Å²) < 4.78 is 4.22. The fourth-order valence-electron chi connectivity index (χ4n) is 4.36. The number of aryl methyl sites for hydroxylation is 5. The van der Waals surface area contributed by atoms with Gasteiger partial charge in [0.15, 0.2) is 0 Å². The highest BCUT2D eigenvalue weighted by atomic mass is 35.5. The predicted molar refractivity (Wildman–Crippen MR) is 119 cm³/mol. The van der Waals surface area contributed by atoms with Crippen LogP contribution in [0, 0.1) is 13.8 Å². The Balaban J connectivity index is 1.62. The third-order valence-corrected chi connectivity index (χ3v) is 6.17. The number of hydrogen-bond acceptors (Lipinski definition) is 3. The highest BCUT2D eigenvalue weighted by Gasteiger charge is 2.18. The van der Waals surface area contributed by atoms with Crippen molar-refractivity contribution in [1.29, 1.82) is 0 Å². The minimum absolute atomic E-state index is 0.692. The van der Waals surface area contributed by atoms with E-state index in [2.05, 4.69) is 51.5 Å². The van der Waals surface area contributed by atoms with Crippen LogP contribution in [0.4, 0.5) is 11.4 Å². The minimum Gasteiger partial charge on any atom is -0.352 e. The molecule has 0 fully saturated rings. The normalized spacial score (nSPS) is 13.7. The van der Waals surface area contributed by atoms with Gasteiger partial charge in [-0.15, -0.1) is 0 Å². The molecular formula is C23H24ClN5. The van der Waals surface area contributed by atoms with E-state index >= 15 is 0 Å². The second-order valence-electron chi connectivity index (χ2n) is 7.88. The number of aromatic nitrogens is 4. The van der Waals surface area contributed by atoms with Crippen LogP contribution in [0.3, 0.4) is 0 Å². The van der Waals surface area contributed by atoms with Crippen molar-refractivity contribution in [2.24, 2.45) is 7.05 Å². The van der Waals surface area contributed by atoms with Crippen LogP contribution < -0.4 is 5.32 Å². The standard InChI is InChI=1S/C23H24ClN5/c1-14-8-9-15(2)29(14)23-27-21-20(11-10-18(24)22(21)28(23)3)26-17-12-16-6-4-5-7-19(16)25-13-17/h8-13,26H,4-7H2,1-3H3. The van der Waals surface area contributed by atoms with E-state index in [0.29, 0.717) is 5.02 Å². The minimum atomic E-state index is 0.692. The Labute approximate surface area is 175 Å². The molecule has 1 N–H and O–H groups in total. The molecule has 3 aromatic heterocycles. The Morgan fingerprint density at radius 3 is 2.59 bits per heavy atom. The van der Waals surface area contributed by atoms with Gasteiger partial charge in [0.25, 0.3) is 0 Å². The Morgan fingerprint density at radius 1 is 1.03 bits per heavy atom. The summed E-state index contributed by atoms with van der Waals surface area (Å²) in [6.45, 7) is 4.18. The highest BCUT2D eigenvalue weighted by molar-refractivity contribution is 6.35. The summed E-state index contributed by atoms with van der Waals surface area (Å²) in [4.78, 5) is 9.66. The zero-order valence-electron chi connectivity index (χ0n) is 17.0. The van der Waals surface area contributed by atoms with Crippen LogP contribution in [0.1, 0.15) is 35.5 Å². The first kappa shape index (κ1) is 18.3. The number of pyridine rings is 1. The summed E-state index contributed by atoms with van der Waals surface area (Å²) in [6, 6.07) is 10.4. The third-order valence-electron chi connectivity index (χ3n) is 5.87. The van der Waals surface area contributed by atoms with Crippen LogP contribution in [0.2, 0.25) is 5.02 Å². The topological polar surface area (TPSA) is 47.7 Å². The number of rotatable bonds is 3. The number of hydrogen-bond donors (Lipinski definition) is 1. The van der Waals surface area contributed by atoms with Crippen LogP contribution >= 0.6 is 11.6 Å². The number of anilines is 2. The second-order valence-corrected chi connectivity index (χ2v) is 8.28. The lowest BCUT2D eigenvalue weighted by atomic mass is 9.96. The van der Waals surface area contributed by atoms with Crippen molar-refractivity contribution in [3.05, 3.63) is 64.2 Å². The molecule has 0 bridgehead atoms. The van der Waals surface area contributed by atoms with Crippen molar-refractivity contribution in [3.63, 3.8) is 0 Å². The van der Waals surface area contributed by atoms with Gasteiger partial charge >= 0.3 is 0 Å². The van der Waals surface area contributed by atoms with E-state index in [1.165, 1.54) is 24.1 Å². The molecule has 0 atom stereocenters. The summed E-state index contributed by atoms with van der Waals surface area (Å²) in [6.07, 6.45) is 6.59. The van der Waals surface area contributed by atoms with Crippen molar-refractivity contribution in [2.75, 3.05) is 5.32 Å². The van der Waals surface area contributed by atoms with Crippen LogP contribution in [-0.4, -0.2) is 19.1 Å². The summed E-state index contributed by atoms with van der Waals surface area (Å²) in [5.41, 5.74) is 8.59. The maximum absolute atomic E-state index is 6.58. The van der Waals surface area contributed by atoms with Crippen molar-refractivity contribution in [3.8, 4) is 5.95 Å². The first-order valence-corrected chi connectivity index (χ1v) is 10.5. The molecule has 4 aromatic rings. The van der Waals surface area contributed by atoms with E-state index in [1.54, 1.807) is 0 Å².